The highest BCUT2D eigenvalue weighted by Crippen LogP contribution is 2.22. The molecule has 6 heteroatoms. The van der Waals surface area contributed by atoms with Gasteiger partial charge in [0.05, 0.1) is 12.7 Å². The zero-order valence-corrected chi connectivity index (χ0v) is 11.2. The molecular formula is C11H10BrN3OS. The van der Waals surface area contributed by atoms with Gasteiger partial charge in [-0.15, -0.1) is 0 Å². The Kier molecular flexibility index (Phi) is 3.75. The van der Waals surface area contributed by atoms with Gasteiger partial charge in [-0.1, -0.05) is 33.3 Å². The number of halogens is 1. The second kappa shape index (κ2) is 5.29. The smallest absolute Gasteiger partial charge is 0.155 e. The summed E-state index contributed by atoms with van der Waals surface area (Å²) in [4.78, 5) is 0.359. The van der Waals surface area contributed by atoms with Crippen molar-refractivity contribution >= 4 is 38.8 Å². The minimum absolute atomic E-state index is 0.359. The summed E-state index contributed by atoms with van der Waals surface area (Å²) in [6, 6.07) is 7.49. The van der Waals surface area contributed by atoms with E-state index >= 15 is 0 Å². The molecule has 0 saturated heterocycles. The lowest BCUT2D eigenvalue weighted by Crippen LogP contribution is -2.13. The predicted octanol–water partition coefficient (Wildman–Crippen LogP) is 2.68. The van der Waals surface area contributed by atoms with E-state index in [9.17, 15) is 0 Å². The van der Waals surface area contributed by atoms with Gasteiger partial charge >= 0.3 is 0 Å². The van der Waals surface area contributed by atoms with Crippen LogP contribution in [0.1, 0.15) is 11.3 Å². The number of aromatic nitrogens is 1. The molecule has 0 bridgehead atoms. The van der Waals surface area contributed by atoms with Crippen LogP contribution in [0.2, 0.25) is 0 Å². The molecule has 2 aromatic rings. The summed E-state index contributed by atoms with van der Waals surface area (Å²) in [5, 5.41) is 6.84. The maximum atomic E-state index is 5.65. The number of hydrogen-bond acceptors (Lipinski definition) is 4. The van der Waals surface area contributed by atoms with Crippen molar-refractivity contribution in [3.05, 3.63) is 46.3 Å². The lowest BCUT2D eigenvalue weighted by molar-refractivity contribution is 0.388. The first-order valence-electron chi connectivity index (χ1n) is 4.89. The van der Waals surface area contributed by atoms with Crippen LogP contribution in [0.15, 0.2) is 39.5 Å². The topological polar surface area (TPSA) is 64.1 Å². The van der Waals surface area contributed by atoms with Crippen molar-refractivity contribution in [2.45, 2.75) is 6.54 Å². The molecule has 0 saturated carbocycles. The van der Waals surface area contributed by atoms with E-state index in [4.69, 9.17) is 22.5 Å². The monoisotopic (exact) mass is 311 g/mol. The van der Waals surface area contributed by atoms with Crippen LogP contribution in [-0.2, 0) is 6.54 Å². The van der Waals surface area contributed by atoms with Gasteiger partial charge in [-0.2, -0.15) is 0 Å². The first-order valence-corrected chi connectivity index (χ1v) is 6.10. The van der Waals surface area contributed by atoms with Crippen LogP contribution in [0.25, 0.3) is 0 Å². The third kappa shape index (κ3) is 3.04. The molecule has 4 nitrogen and oxygen atoms in total. The highest BCUT2D eigenvalue weighted by Gasteiger charge is 2.06. The van der Waals surface area contributed by atoms with Crippen molar-refractivity contribution in [1.82, 2.24) is 5.16 Å². The van der Waals surface area contributed by atoms with Crippen LogP contribution < -0.4 is 11.1 Å². The SMILES string of the molecule is NC(=S)c1ccc(Br)cc1NCc1ccno1. The highest BCUT2D eigenvalue weighted by molar-refractivity contribution is 9.10. The second-order valence-electron chi connectivity index (χ2n) is 3.39. The van der Waals surface area contributed by atoms with Crippen molar-refractivity contribution in [2.24, 2.45) is 5.73 Å². The predicted molar refractivity (Wildman–Crippen MR) is 73.9 cm³/mol. The molecule has 0 radical (unpaired) electrons. The second-order valence-corrected chi connectivity index (χ2v) is 4.74. The summed E-state index contributed by atoms with van der Waals surface area (Å²) >= 11 is 8.40. The lowest BCUT2D eigenvalue weighted by Gasteiger charge is -2.10. The molecule has 0 fully saturated rings. The molecule has 1 aromatic heterocycles. The van der Waals surface area contributed by atoms with Crippen molar-refractivity contribution in [3.63, 3.8) is 0 Å². The average molecular weight is 312 g/mol. The van der Waals surface area contributed by atoms with Gasteiger partial charge in [0.2, 0.25) is 0 Å². The first kappa shape index (κ1) is 12.1. The quantitative estimate of drug-likeness (QED) is 0.850. The number of rotatable bonds is 4. The highest BCUT2D eigenvalue weighted by atomic mass is 79.9. The zero-order valence-electron chi connectivity index (χ0n) is 8.81. The number of nitrogens with zero attached hydrogens (tertiary/aromatic N) is 1. The van der Waals surface area contributed by atoms with Crippen LogP contribution in [0.3, 0.4) is 0 Å². The molecule has 17 heavy (non-hydrogen) atoms. The number of nitrogens with two attached hydrogens (primary N) is 1. The van der Waals surface area contributed by atoms with E-state index < -0.39 is 0 Å². The Hall–Kier alpha value is -1.40. The molecule has 1 heterocycles. The maximum absolute atomic E-state index is 5.65. The van der Waals surface area contributed by atoms with E-state index in [2.05, 4.69) is 26.4 Å². The van der Waals surface area contributed by atoms with Gasteiger partial charge in [-0.3, -0.25) is 0 Å². The minimum Gasteiger partial charge on any atom is -0.389 e. The number of hydrogen-bond donors (Lipinski definition) is 2. The van der Waals surface area contributed by atoms with Crippen LogP contribution in [-0.4, -0.2) is 10.1 Å². The van der Waals surface area contributed by atoms with Crippen molar-refractivity contribution in [2.75, 3.05) is 5.32 Å². The summed E-state index contributed by atoms with van der Waals surface area (Å²) in [5.74, 6) is 0.749. The Labute approximate surface area is 112 Å². The van der Waals surface area contributed by atoms with Crippen molar-refractivity contribution in [1.29, 1.82) is 0 Å². The standard InChI is InChI=1S/C11H10BrN3OS/c12-7-1-2-9(11(13)17)10(5-7)14-6-8-3-4-15-16-8/h1-5,14H,6H2,(H2,13,17). The Morgan fingerprint density at radius 3 is 2.94 bits per heavy atom. The third-order valence-corrected chi connectivity index (χ3v) is 2.90. The van der Waals surface area contributed by atoms with Gasteiger partial charge in [0.25, 0.3) is 0 Å². The van der Waals surface area contributed by atoms with Crippen LogP contribution in [0.4, 0.5) is 5.69 Å². The molecule has 88 valence electrons. The summed E-state index contributed by atoms with van der Waals surface area (Å²) in [6.07, 6.45) is 1.60. The Morgan fingerprint density at radius 1 is 1.47 bits per heavy atom. The maximum Gasteiger partial charge on any atom is 0.155 e. The van der Waals surface area contributed by atoms with Gasteiger partial charge in [-0.05, 0) is 18.2 Å². The average Bonchev–Trinajstić information content (AvgIpc) is 2.78. The van der Waals surface area contributed by atoms with Crippen LogP contribution >= 0.6 is 28.1 Å². The van der Waals surface area contributed by atoms with Gasteiger partial charge in [0.15, 0.2) is 5.76 Å². The molecule has 0 aliphatic heterocycles. The van der Waals surface area contributed by atoms with Crippen molar-refractivity contribution < 1.29 is 4.52 Å². The largest absolute Gasteiger partial charge is 0.389 e. The molecule has 0 atom stereocenters. The van der Waals surface area contributed by atoms with Crippen molar-refractivity contribution in [3.8, 4) is 0 Å². The Bertz CT molecular complexity index is 528. The third-order valence-electron chi connectivity index (χ3n) is 2.19. The molecule has 0 spiro atoms. The number of benzene rings is 1. The summed E-state index contributed by atoms with van der Waals surface area (Å²) in [6.45, 7) is 0.534. The molecular weight excluding hydrogens is 302 g/mol. The molecule has 0 unspecified atom stereocenters. The van der Waals surface area contributed by atoms with E-state index in [-0.39, 0.29) is 0 Å². The normalized spacial score (nSPS) is 10.2. The summed E-state index contributed by atoms with van der Waals surface area (Å²) in [7, 11) is 0. The van der Waals surface area contributed by atoms with E-state index in [0.29, 0.717) is 11.5 Å². The first-order chi connectivity index (χ1) is 8.16. The van der Waals surface area contributed by atoms with Gasteiger partial charge in [0.1, 0.15) is 4.99 Å². The van der Waals surface area contributed by atoms with Gasteiger partial charge in [-0.25, -0.2) is 0 Å². The molecule has 0 aliphatic carbocycles. The fourth-order valence-electron chi connectivity index (χ4n) is 1.39. The fraction of sp³-hybridized carbons (Fsp3) is 0.0909. The molecule has 0 aliphatic rings. The van der Waals surface area contributed by atoms with Gasteiger partial charge in [0, 0.05) is 21.8 Å². The summed E-state index contributed by atoms with van der Waals surface area (Å²) < 4.78 is 5.95. The number of nitrogens with one attached hydrogen (secondary N) is 1. The molecule has 2 rings (SSSR count). The summed E-state index contributed by atoms with van der Waals surface area (Å²) in [5.41, 5.74) is 7.33. The van der Waals surface area contributed by atoms with E-state index in [1.807, 2.05) is 18.2 Å². The number of anilines is 1. The van der Waals surface area contributed by atoms with Crippen LogP contribution in [0.5, 0.6) is 0 Å². The number of thiocarbonyl (C=S) groups is 1. The molecule has 0 amide bonds. The lowest BCUT2D eigenvalue weighted by atomic mass is 10.2. The molecule has 3 N–H and O–H groups in total. The fourth-order valence-corrected chi connectivity index (χ4v) is 1.93. The Morgan fingerprint density at radius 2 is 2.29 bits per heavy atom. The zero-order chi connectivity index (χ0) is 12.3. The molecule has 1 aromatic carbocycles. The van der Waals surface area contributed by atoms with E-state index in [0.717, 1.165) is 21.5 Å². The van der Waals surface area contributed by atoms with Crippen LogP contribution in [0, 0.1) is 0 Å². The van der Waals surface area contributed by atoms with E-state index in [1.54, 1.807) is 12.3 Å². The van der Waals surface area contributed by atoms with Gasteiger partial charge < -0.3 is 15.6 Å². The van der Waals surface area contributed by atoms with E-state index in [1.165, 1.54) is 0 Å². The Balaban J connectivity index is 2.19. The minimum atomic E-state index is 0.359.